The van der Waals surface area contributed by atoms with Gasteiger partial charge in [0.05, 0.1) is 0 Å². The van der Waals surface area contributed by atoms with Crippen molar-refractivity contribution in [1.82, 2.24) is 5.32 Å². The van der Waals surface area contributed by atoms with E-state index in [-0.39, 0.29) is 0 Å². The molecular formula is C14H27NO. The van der Waals surface area contributed by atoms with Crippen molar-refractivity contribution in [1.29, 1.82) is 0 Å². The minimum absolute atomic E-state index is 0.775. The molecule has 0 saturated heterocycles. The topological polar surface area (TPSA) is 21.3 Å². The number of nitrogens with one attached hydrogen (secondary N) is 1. The zero-order chi connectivity index (χ0) is 11.2. The Labute approximate surface area is 100 Å². The van der Waals surface area contributed by atoms with Crippen molar-refractivity contribution >= 4 is 0 Å². The molecule has 0 aromatic heterocycles. The van der Waals surface area contributed by atoms with Gasteiger partial charge in [0.1, 0.15) is 0 Å². The Morgan fingerprint density at radius 3 is 2.69 bits per heavy atom. The first-order valence-corrected chi connectivity index (χ1v) is 7.17. The van der Waals surface area contributed by atoms with Gasteiger partial charge >= 0.3 is 0 Å². The van der Waals surface area contributed by atoms with Gasteiger partial charge < -0.3 is 10.1 Å². The fraction of sp³-hybridized carbons (Fsp3) is 1.00. The average Bonchev–Trinajstić information content (AvgIpc) is 3.09. The second kappa shape index (κ2) is 6.61. The Morgan fingerprint density at radius 1 is 1.12 bits per heavy atom. The summed E-state index contributed by atoms with van der Waals surface area (Å²) < 4.78 is 5.63. The monoisotopic (exact) mass is 225 g/mol. The first-order chi connectivity index (χ1) is 7.86. The molecule has 0 spiro atoms. The van der Waals surface area contributed by atoms with E-state index >= 15 is 0 Å². The minimum Gasteiger partial charge on any atom is -0.381 e. The Bertz CT molecular complexity index is 191. The fourth-order valence-corrected chi connectivity index (χ4v) is 2.62. The van der Waals surface area contributed by atoms with E-state index in [0.717, 1.165) is 37.6 Å². The van der Waals surface area contributed by atoms with Crippen LogP contribution in [0.15, 0.2) is 0 Å². The molecule has 2 unspecified atom stereocenters. The number of hydrogen-bond donors (Lipinski definition) is 1. The van der Waals surface area contributed by atoms with Crippen molar-refractivity contribution in [3.05, 3.63) is 0 Å². The highest BCUT2D eigenvalue weighted by molar-refractivity contribution is 4.77. The quantitative estimate of drug-likeness (QED) is 0.673. The van der Waals surface area contributed by atoms with Crippen LogP contribution in [-0.2, 0) is 4.74 Å². The normalized spacial score (nSPS) is 30.6. The van der Waals surface area contributed by atoms with E-state index in [9.17, 15) is 0 Å². The first-order valence-electron chi connectivity index (χ1n) is 7.17. The zero-order valence-electron chi connectivity index (χ0n) is 10.7. The number of ether oxygens (including phenoxy) is 1. The maximum Gasteiger partial charge on any atom is 0.0494 e. The van der Waals surface area contributed by atoms with Crippen LogP contribution in [0.3, 0.4) is 0 Å². The summed E-state index contributed by atoms with van der Waals surface area (Å²) in [7, 11) is 0. The van der Waals surface area contributed by atoms with Crippen LogP contribution in [0.25, 0.3) is 0 Å². The molecule has 0 radical (unpaired) electrons. The molecule has 0 aromatic carbocycles. The van der Waals surface area contributed by atoms with Gasteiger partial charge in [-0.1, -0.05) is 19.8 Å². The minimum atomic E-state index is 0.775. The Balaban J connectivity index is 1.43. The van der Waals surface area contributed by atoms with Gasteiger partial charge in [0, 0.05) is 19.3 Å². The Morgan fingerprint density at radius 2 is 1.94 bits per heavy atom. The summed E-state index contributed by atoms with van der Waals surface area (Å²) in [6.45, 7) is 5.49. The Kier molecular flexibility index (Phi) is 5.11. The molecule has 0 bridgehead atoms. The van der Waals surface area contributed by atoms with Crippen molar-refractivity contribution in [3.8, 4) is 0 Å². The highest BCUT2D eigenvalue weighted by Gasteiger charge is 2.21. The lowest BCUT2D eigenvalue weighted by molar-refractivity contribution is 0.120. The number of rotatable bonds is 7. The van der Waals surface area contributed by atoms with Gasteiger partial charge in [0.2, 0.25) is 0 Å². The van der Waals surface area contributed by atoms with Crippen molar-refractivity contribution < 1.29 is 4.74 Å². The third kappa shape index (κ3) is 4.42. The lowest BCUT2D eigenvalue weighted by Crippen LogP contribution is -2.38. The van der Waals surface area contributed by atoms with Gasteiger partial charge in [0.25, 0.3) is 0 Å². The zero-order valence-corrected chi connectivity index (χ0v) is 10.7. The molecule has 2 fully saturated rings. The smallest absolute Gasteiger partial charge is 0.0494 e. The highest BCUT2D eigenvalue weighted by Crippen LogP contribution is 2.28. The van der Waals surface area contributed by atoms with E-state index in [1.807, 2.05) is 0 Å². The molecule has 1 N–H and O–H groups in total. The van der Waals surface area contributed by atoms with E-state index in [1.54, 1.807) is 0 Å². The third-order valence-electron chi connectivity index (χ3n) is 4.03. The third-order valence-corrected chi connectivity index (χ3v) is 4.03. The van der Waals surface area contributed by atoms with E-state index in [1.165, 1.54) is 44.9 Å². The van der Waals surface area contributed by atoms with Crippen LogP contribution in [-0.4, -0.2) is 25.8 Å². The second-order valence-corrected chi connectivity index (χ2v) is 5.69. The highest BCUT2D eigenvalue weighted by atomic mass is 16.5. The van der Waals surface area contributed by atoms with E-state index in [0.29, 0.717) is 0 Å². The van der Waals surface area contributed by atoms with Crippen molar-refractivity contribution in [2.75, 3.05) is 19.8 Å². The maximum atomic E-state index is 5.63. The lowest BCUT2D eigenvalue weighted by Gasteiger charge is -2.29. The van der Waals surface area contributed by atoms with Crippen LogP contribution in [0.4, 0.5) is 0 Å². The van der Waals surface area contributed by atoms with Gasteiger partial charge in [0.15, 0.2) is 0 Å². The molecule has 2 aliphatic carbocycles. The van der Waals surface area contributed by atoms with Crippen LogP contribution >= 0.6 is 0 Å². The summed E-state index contributed by atoms with van der Waals surface area (Å²) in [5.74, 6) is 1.78. The molecular weight excluding hydrogens is 198 g/mol. The van der Waals surface area contributed by atoms with Crippen molar-refractivity contribution in [2.45, 2.75) is 57.9 Å². The standard InChI is InChI=1S/C14H27NO/c1-12-5-2-3-6-14(12)15-9-4-10-16-11-13-7-8-13/h12-15H,2-11H2,1H3. The second-order valence-electron chi connectivity index (χ2n) is 5.69. The predicted octanol–water partition coefficient (Wildman–Crippen LogP) is 2.97. The molecule has 2 heteroatoms. The molecule has 2 rings (SSSR count). The fourth-order valence-electron chi connectivity index (χ4n) is 2.62. The molecule has 0 aliphatic heterocycles. The van der Waals surface area contributed by atoms with Crippen molar-refractivity contribution in [2.24, 2.45) is 11.8 Å². The SMILES string of the molecule is CC1CCCCC1NCCCOCC1CC1. The summed E-state index contributed by atoms with van der Waals surface area (Å²) in [5.41, 5.74) is 0. The molecule has 94 valence electrons. The maximum absolute atomic E-state index is 5.63. The largest absolute Gasteiger partial charge is 0.381 e. The summed E-state index contributed by atoms with van der Waals surface area (Å²) in [6.07, 6.45) is 9.62. The van der Waals surface area contributed by atoms with Gasteiger partial charge in [-0.05, 0) is 50.5 Å². The molecule has 0 amide bonds. The van der Waals surface area contributed by atoms with Gasteiger partial charge in [-0.25, -0.2) is 0 Å². The summed E-state index contributed by atoms with van der Waals surface area (Å²) in [6, 6.07) is 0.775. The van der Waals surface area contributed by atoms with Crippen molar-refractivity contribution in [3.63, 3.8) is 0 Å². The van der Waals surface area contributed by atoms with Crippen LogP contribution in [0, 0.1) is 11.8 Å². The molecule has 0 heterocycles. The average molecular weight is 225 g/mol. The lowest BCUT2D eigenvalue weighted by atomic mass is 9.86. The van der Waals surface area contributed by atoms with Crippen LogP contribution in [0.1, 0.15) is 51.9 Å². The Hall–Kier alpha value is -0.0800. The van der Waals surface area contributed by atoms with E-state index in [2.05, 4.69) is 12.2 Å². The summed E-state index contributed by atoms with van der Waals surface area (Å²) in [5, 5.41) is 3.70. The molecule has 2 saturated carbocycles. The predicted molar refractivity (Wildman–Crippen MR) is 67.6 cm³/mol. The molecule has 2 atom stereocenters. The first kappa shape index (κ1) is 12.4. The van der Waals surface area contributed by atoms with E-state index < -0.39 is 0 Å². The molecule has 2 nitrogen and oxygen atoms in total. The molecule has 16 heavy (non-hydrogen) atoms. The van der Waals surface area contributed by atoms with E-state index in [4.69, 9.17) is 4.74 Å². The van der Waals surface area contributed by atoms with Gasteiger partial charge in [-0.3, -0.25) is 0 Å². The van der Waals surface area contributed by atoms with Gasteiger partial charge in [-0.15, -0.1) is 0 Å². The number of hydrogen-bond acceptors (Lipinski definition) is 2. The van der Waals surface area contributed by atoms with Gasteiger partial charge in [-0.2, -0.15) is 0 Å². The van der Waals surface area contributed by atoms with Crippen LogP contribution in [0.5, 0.6) is 0 Å². The summed E-state index contributed by atoms with van der Waals surface area (Å²) >= 11 is 0. The molecule has 2 aliphatic rings. The van der Waals surface area contributed by atoms with Crippen LogP contribution < -0.4 is 5.32 Å². The van der Waals surface area contributed by atoms with Crippen LogP contribution in [0.2, 0.25) is 0 Å². The summed E-state index contributed by atoms with van der Waals surface area (Å²) in [4.78, 5) is 0. The molecule has 0 aromatic rings.